The fourth-order valence-electron chi connectivity index (χ4n) is 4.36. The molecule has 0 aliphatic carbocycles. The van der Waals surface area contributed by atoms with E-state index in [1.54, 1.807) is 18.2 Å². The van der Waals surface area contributed by atoms with Gasteiger partial charge in [0.05, 0.1) is 12.8 Å². The molecule has 0 spiro atoms. The standard InChI is InChI=1S/C26H26FN3O3/c1-33-30-22-14-8-6-12-20(22)24(17-9-3-2-4-10-17)25(26(30)32)29-23(31)16-19(28)15-18-11-5-7-13-21(18)27/h2-14,19,24-25H,15-16,28H2,1H3,(H,29,31)/t19-,24+,25-/m1/s1. The SMILES string of the molecule is CON1C(=O)[C@H](NC(=O)C[C@H](N)Cc2ccccc2F)[C@@H](c2ccccc2)c2ccccc21. The number of hydrogen-bond donors (Lipinski definition) is 2. The van der Waals surface area contributed by atoms with Crippen molar-refractivity contribution in [3.8, 4) is 0 Å². The number of carbonyl (C=O) groups excluding carboxylic acids is 2. The Morgan fingerprint density at radius 2 is 1.73 bits per heavy atom. The molecule has 1 aliphatic heterocycles. The first-order chi connectivity index (χ1) is 16.0. The van der Waals surface area contributed by atoms with Crippen molar-refractivity contribution >= 4 is 17.5 Å². The highest BCUT2D eigenvalue weighted by atomic mass is 19.1. The van der Waals surface area contributed by atoms with Crippen molar-refractivity contribution < 1.29 is 18.8 Å². The Morgan fingerprint density at radius 3 is 2.45 bits per heavy atom. The molecule has 0 radical (unpaired) electrons. The Hall–Kier alpha value is -3.55. The van der Waals surface area contributed by atoms with E-state index in [9.17, 15) is 14.0 Å². The van der Waals surface area contributed by atoms with Gasteiger partial charge in [0, 0.05) is 18.4 Å². The number of carbonyl (C=O) groups is 2. The smallest absolute Gasteiger partial charge is 0.274 e. The molecule has 2 amide bonds. The zero-order valence-corrected chi connectivity index (χ0v) is 18.3. The molecular formula is C26H26FN3O3. The number of hydrogen-bond acceptors (Lipinski definition) is 4. The normalized spacial score (nSPS) is 18.5. The molecule has 3 aromatic carbocycles. The van der Waals surface area contributed by atoms with Gasteiger partial charge in [-0.25, -0.2) is 4.39 Å². The van der Waals surface area contributed by atoms with Crippen LogP contribution in [0.5, 0.6) is 0 Å². The van der Waals surface area contributed by atoms with Crippen LogP contribution in [0.15, 0.2) is 78.9 Å². The van der Waals surface area contributed by atoms with Crippen LogP contribution in [0.1, 0.15) is 29.0 Å². The summed E-state index contributed by atoms with van der Waals surface area (Å²) in [6.07, 6.45) is 0.169. The molecular weight excluding hydrogens is 421 g/mol. The Morgan fingerprint density at radius 1 is 1.06 bits per heavy atom. The molecule has 6 nitrogen and oxygen atoms in total. The lowest BCUT2D eigenvalue weighted by molar-refractivity contribution is -0.132. The largest absolute Gasteiger partial charge is 0.343 e. The van der Waals surface area contributed by atoms with Gasteiger partial charge in [-0.3, -0.25) is 14.4 Å². The van der Waals surface area contributed by atoms with Gasteiger partial charge < -0.3 is 11.1 Å². The summed E-state index contributed by atoms with van der Waals surface area (Å²) in [5.41, 5.74) is 9.00. The van der Waals surface area contributed by atoms with Crippen LogP contribution in [0.2, 0.25) is 0 Å². The predicted molar refractivity (Wildman–Crippen MR) is 124 cm³/mol. The van der Waals surface area contributed by atoms with Gasteiger partial charge in [0.1, 0.15) is 11.9 Å². The summed E-state index contributed by atoms with van der Waals surface area (Å²) >= 11 is 0. The second kappa shape index (κ2) is 9.94. The first kappa shape index (κ1) is 22.6. The molecule has 3 N–H and O–H groups in total. The summed E-state index contributed by atoms with van der Waals surface area (Å²) in [5.74, 6) is -1.50. The van der Waals surface area contributed by atoms with Crippen LogP contribution in [-0.2, 0) is 20.8 Å². The molecule has 1 aliphatic rings. The maximum atomic E-state index is 14.0. The Kier molecular flexibility index (Phi) is 6.82. The summed E-state index contributed by atoms with van der Waals surface area (Å²) in [4.78, 5) is 31.7. The molecule has 7 heteroatoms. The molecule has 0 bridgehead atoms. The van der Waals surface area contributed by atoms with Crippen LogP contribution in [0.4, 0.5) is 10.1 Å². The van der Waals surface area contributed by atoms with Crippen molar-refractivity contribution in [1.29, 1.82) is 0 Å². The Labute approximate surface area is 192 Å². The van der Waals surface area contributed by atoms with Gasteiger partial charge >= 0.3 is 0 Å². The topological polar surface area (TPSA) is 84.7 Å². The highest BCUT2D eigenvalue weighted by Gasteiger charge is 2.42. The first-order valence-corrected chi connectivity index (χ1v) is 10.8. The third-order valence-corrected chi connectivity index (χ3v) is 5.84. The van der Waals surface area contributed by atoms with Gasteiger partial charge in [-0.1, -0.05) is 66.7 Å². The van der Waals surface area contributed by atoms with Gasteiger partial charge in [-0.15, -0.1) is 0 Å². The number of hydroxylamine groups is 1. The molecule has 4 rings (SSSR count). The first-order valence-electron chi connectivity index (χ1n) is 10.8. The van der Waals surface area contributed by atoms with Crippen LogP contribution in [0.3, 0.4) is 0 Å². The average Bonchev–Trinajstić information content (AvgIpc) is 2.81. The van der Waals surface area contributed by atoms with Crippen molar-refractivity contribution in [2.45, 2.75) is 30.8 Å². The van der Waals surface area contributed by atoms with Crippen molar-refractivity contribution in [3.05, 3.63) is 101 Å². The summed E-state index contributed by atoms with van der Waals surface area (Å²) in [7, 11) is 1.42. The zero-order chi connectivity index (χ0) is 23.4. The van der Waals surface area contributed by atoms with Gasteiger partial charge in [-0.05, 0) is 35.2 Å². The second-order valence-electron chi connectivity index (χ2n) is 8.07. The van der Waals surface area contributed by atoms with E-state index in [1.165, 1.54) is 18.2 Å². The lowest BCUT2D eigenvalue weighted by atomic mass is 9.81. The number of para-hydroxylation sites is 1. The fraction of sp³-hybridized carbons (Fsp3) is 0.231. The molecule has 0 saturated carbocycles. The number of nitrogens with zero attached hydrogens (tertiary/aromatic N) is 1. The minimum atomic E-state index is -0.879. The van der Waals surface area contributed by atoms with E-state index < -0.39 is 18.0 Å². The van der Waals surface area contributed by atoms with Crippen LogP contribution < -0.4 is 16.1 Å². The number of halogens is 1. The molecule has 1 heterocycles. The highest BCUT2D eigenvalue weighted by Crippen LogP contribution is 2.40. The molecule has 0 aromatic heterocycles. The van der Waals surface area contributed by atoms with Crippen molar-refractivity contribution in [3.63, 3.8) is 0 Å². The monoisotopic (exact) mass is 447 g/mol. The molecule has 33 heavy (non-hydrogen) atoms. The average molecular weight is 448 g/mol. The van der Waals surface area contributed by atoms with Crippen molar-refractivity contribution in [2.24, 2.45) is 5.73 Å². The van der Waals surface area contributed by atoms with Crippen molar-refractivity contribution in [2.75, 3.05) is 12.2 Å². The summed E-state index contributed by atoms with van der Waals surface area (Å²) < 4.78 is 14.0. The fourth-order valence-corrected chi connectivity index (χ4v) is 4.36. The summed E-state index contributed by atoms with van der Waals surface area (Å²) in [6.45, 7) is 0. The van der Waals surface area contributed by atoms with E-state index in [0.29, 0.717) is 11.3 Å². The van der Waals surface area contributed by atoms with E-state index in [4.69, 9.17) is 10.6 Å². The quantitative estimate of drug-likeness (QED) is 0.582. The number of amides is 2. The molecule has 0 fully saturated rings. The minimum Gasteiger partial charge on any atom is -0.343 e. The van der Waals surface area contributed by atoms with Gasteiger partial charge in [0.15, 0.2) is 0 Å². The molecule has 3 aromatic rings. The predicted octanol–water partition coefficient (Wildman–Crippen LogP) is 3.31. The minimum absolute atomic E-state index is 0.0474. The molecule has 0 saturated heterocycles. The molecule has 0 unspecified atom stereocenters. The third-order valence-electron chi connectivity index (χ3n) is 5.84. The molecule has 170 valence electrons. The van der Waals surface area contributed by atoms with E-state index in [0.717, 1.165) is 11.1 Å². The van der Waals surface area contributed by atoms with Gasteiger partial charge in [0.25, 0.3) is 5.91 Å². The number of nitrogens with two attached hydrogens (primary N) is 1. The number of rotatable bonds is 7. The number of anilines is 1. The molecule has 3 atom stereocenters. The van der Waals surface area contributed by atoms with Crippen LogP contribution in [-0.4, -0.2) is 31.0 Å². The van der Waals surface area contributed by atoms with Crippen molar-refractivity contribution in [1.82, 2.24) is 5.32 Å². The van der Waals surface area contributed by atoms with E-state index in [1.807, 2.05) is 54.6 Å². The van der Waals surface area contributed by atoms with E-state index in [-0.39, 0.29) is 30.5 Å². The maximum Gasteiger partial charge on any atom is 0.274 e. The summed E-state index contributed by atoms with van der Waals surface area (Å²) in [5, 5.41) is 4.08. The summed E-state index contributed by atoms with van der Waals surface area (Å²) in [6, 6.07) is 21.9. The lowest BCUT2D eigenvalue weighted by Gasteiger charge is -2.38. The van der Waals surface area contributed by atoms with Gasteiger partial charge in [-0.2, -0.15) is 5.06 Å². The van der Waals surface area contributed by atoms with Crippen LogP contribution in [0, 0.1) is 5.82 Å². The van der Waals surface area contributed by atoms with Crippen LogP contribution >= 0.6 is 0 Å². The zero-order valence-electron chi connectivity index (χ0n) is 18.3. The van der Waals surface area contributed by atoms with Gasteiger partial charge in [0.2, 0.25) is 5.91 Å². The Balaban J connectivity index is 1.58. The number of fused-ring (bicyclic) bond motifs is 1. The maximum absolute atomic E-state index is 14.0. The van der Waals surface area contributed by atoms with E-state index >= 15 is 0 Å². The highest BCUT2D eigenvalue weighted by molar-refractivity contribution is 6.02. The van der Waals surface area contributed by atoms with Crippen LogP contribution in [0.25, 0.3) is 0 Å². The number of benzene rings is 3. The third kappa shape index (κ3) is 4.79. The number of nitrogens with one attached hydrogen (secondary N) is 1. The lowest BCUT2D eigenvalue weighted by Crippen LogP contribution is -2.55. The Bertz CT molecular complexity index is 1140. The second-order valence-corrected chi connectivity index (χ2v) is 8.07. The van der Waals surface area contributed by atoms with E-state index in [2.05, 4.69) is 5.32 Å².